The highest BCUT2D eigenvalue weighted by Crippen LogP contribution is 2.28. The summed E-state index contributed by atoms with van der Waals surface area (Å²) in [5.74, 6) is 1.27. The zero-order chi connectivity index (χ0) is 14.6. The molecule has 0 bridgehead atoms. The van der Waals surface area contributed by atoms with Gasteiger partial charge in [-0.1, -0.05) is 0 Å². The molecule has 0 saturated carbocycles. The van der Waals surface area contributed by atoms with E-state index >= 15 is 0 Å². The Hall–Kier alpha value is -1.99. The molecular weight excluding hydrogens is 282 g/mol. The van der Waals surface area contributed by atoms with E-state index in [9.17, 15) is 8.42 Å². The van der Waals surface area contributed by atoms with Crippen molar-refractivity contribution in [1.82, 2.24) is 4.72 Å². The molecule has 0 fully saturated rings. The molecule has 0 aliphatic rings. The van der Waals surface area contributed by atoms with Gasteiger partial charge < -0.3 is 13.9 Å². The van der Waals surface area contributed by atoms with E-state index in [1.165, 1.54) is 32.6 Å². The van der Waals surface area contributed by atoms with Crippen LogP contribution in [0.3, 0.4) is 0 Å². The average molecular weight is 297 g/mol. The number of hydrogen-bond donors (Lipinski definition) is 1. The fourth-order valence-corrected chi connectivity index (χ4v) is 2.80. The zero-order valence-corrected chi connectivity index (χ0v) is 11.9. The van der Waals surface area contributed by atoms with Crippen molar-refractivity contribution in [1.29, 1.82) is 0 Å². The number of sulfonamides is 1. The SMILES string of the molecule is COc1ccc(S(=O)(=O)NCc2ccco2)c(OC)c1. The predicted octanol–water partition coefficient (Wildman–Crippen LogP) is 1.78. The van der Waals surface area contributed by atoms with E-state index < -0.39 is 10.0 Å². The molecular formula is C13H15NO5S. The molecule has 1 aromatic carbocycles. The fourth-order valence-electron chi connectivity index (χ4n) is 1.65. The lowest BCUT2D eigenvalue weighted by molar-refractivity contribution is 0.385. The molecule has 0 saturated heterocycles. The van der Waals surface area contributed by atoms with E-state index in [2.05, 4.69) is 4.72 Å². The van der Waals surface area contributed by atoms with Gasteiger partial charge in [0.1, 0.15) is 22.2 Å². The summed E-state index contributed by atoms with van der Waals surface area (Å²) in [7, 11) is -0.793. The van der Waals surface area contributed by atoms with Gasteiger partial charge in [-0.05, 0) is 24.3 Å². The van der Waals surface area contributed by atoms with Crippen molar-refractivity contribution in [2.45, 2.75) is 11.4 Å². The third kappa shape index (κ3) is 3.12. The summed E-state index contributed by atoms with van der Waals surface area (Å²) in [6, 6.07) is 7.89. The summed E-state index contributed by atoms with van der Waals surface area (Å²) in [6.45, 7) is 0.0739. The molecule has 0 radical (unpaired) electrons. The second-order valence-corrected chi connectivity index (χ2v) is 5.66. The van der Waals surface area contributed by atoms with Crippen LogP contribution < -0.4 is 14.2 Å². The molecule has 108 valence electrons. The second-order valence-electron chi connectivity index (χ2n) is 3.92. The van der Waals surface area contributed by atoms with Gasteiger partial charge in [-0.25, -0.2) is 13.1 Å². The largest absolute Gasteiger partial charge is 0.497 e. The Balaban J connectivity index is 2.24. The Bertz CT molecular complexity index is 664. The van der Waals surface area contributed by atoms with Crippen LogP contribution in [0.25, 0.3) is 0 Å². The van der Waals surface area contributed by atoms with Crippen molar-refractivity contribution >= 4 is 10.0 Å². The van der Waals surface area contributed by atoms with Crippen molar-refractivity contribution in [3.05, 3.63) is 42.4 Å². The van der Waals surface area contributed by atoms with Gasteiger partial charge in [-0.2, -0.15) is 0 Å². The number of nitrogens with one attached hydrogen (secondary N) is 1. The monoisotopic (exact) mass is 297 g/mol. The van der Waals surface area contributed by atoms with Crippen molar-refractivity contribution in [2.24, 2.45) is 0 Å². The minimum absolute atomic E-state index is 0.0485. The molecule has 2 aromatic rings. The van der Waals surface area contributed by atoms with Gasteiger partial charge >= 0.3 is 0 Å². The molecule has 7 heteroatoms. The van der Waals surface area contributed by atoms with Gasteiger partial charge in [-0.3, -0.25) is 0 Å². The minimum Gasteiger partial charge on any atom is -0.497 e. The normalized spacial score (nSPS) is 11.3. The van der Waals surface area contributed by atoms with Crippen LogP contribution in [0.5, 0.6) is 11.5 Å². The lowest BCUT2D eigenvalue weighted by atomic mass is 10.3. The molecule has 0 unspecified atom stereocenters. The molecule has 0 aliphatic carbocycles. The first-order valence-corrected chi connectivity index (χ1v) is 7.29. The van der Waals surface area contributed by atoms with E-state index in [-0.39, 0.29) is 17.2 Å². The van der Waals surface area contributed by atoms with Gasteiger partial charge in [0.05, 0.1) is 27.0 Å². The molecule has 1 aromatic heterocycles. The molecule has 6 nitrogen and oxygen atoms in total. The molecule has 0 aliphatic heterocycles. The zero-order valence-electron chi connectivity index (χ0n) is 11.1. The standard InChI is InChI=1S/C13H15NO5S/c1-17-10-5-6-13(12(8-10)18-2)20(15,16)14-9-11-4-3-7-19-11/h3-8,14H,9H2,1-2H3. The van der Waals surface area contributed by atoms with Gasteiger partial charge in [0.25, 0.3) is 0 Å². The number of ether oxygens (including phenoxy) is 2. The van der Waals surface area contributed by atoms with Crippen LogP contribution in [0.2, 0.25) is 0 Å². The highest BCUT2D eigenvalue weighted by Gasteiger charge is 2.20. The number of methoxy groups -OCH3 is 2. The number of rotatable bonds is 6. The maximum Gasteiger partial charge on any atom is 0.244 e. The molecule has 1 heterocycles. The predicted molar refractivity (Wildman–Crippen MR) is 72.3 cm³/mol. The highest BCUT2D eigenvalue weighted by atomic mass is 32.2. The molecule has 0 atom stereocenters. The van der Waals surface area contributed by atoms with Crippen LogP contribution in [-0.4, -0.2) is 22.6 Å². The topological polar surface area (TPSA) is 77.8 Å². The van der Waals surface area contributed by atoms with Crippen molar-refractivity contribution in [3.63, 3.8) is 0 Å². The average Bonchev–Trinajstić information content (AvgIpc) is 2.97. The van der Waals surface area contributed by atoms with E-state index in [1.54, 1.807) is 18.2 Å². The summed E-state index contributed by atoms with van der Waals surface area (Å²) >= 11 is 0. The van der Waals surface area contributed by atoms with Crippen LogP contribution in [0, 0.1) is 0 Å². The quantitative estimate of drug-likeness (QED) is 0.879. The number of benzene rings is 1. The molecule has 0 amide bonds. The van der Waals surface area contributed by atoms with E-state index in [1.807, 2.05) is 0 Å². The highest BCUT2D eigenvalue weighted by molar-refractivity contribution is 7.89. The van der Waals surface area contributed by atoms with Gasteiger partial charge in [0, 0.05) is 6.07 Å². The van der Waals surface area contributed by atoms with Gasteiger partial charge in [0.2, 0.25) is 10.0 Å². The third-order valence-corrected chi connectivity index (χ3v) is 4.12. The van der Waals surface area contributed by atoms with Crippen LogP contribution >= 0.6 is 0 Å². The first-order chi connectivity index (χ1) is 9.56. The summed E-state index contributed by atoms with van der Waals surface area (Å²) < 4.78 is 42.1. The van der Waals surface area contributed by atoms with Crippen molar-refractivity contribution in [3.8, 4) is 11.5 Å². The Morgan fingerprint density at radius 2 is 2.00 bits per heavy atom. The van der Waals surface area contributed by atoms with Crippen LogP contribution in [-0.2, 0) is 16.6 Å². The summed E-state index contributed by atoms with van der Waals surface area (Å²) in [6.07, 6.45) is 1.48. The lowest BCUT2D eigenvalue weighted by Crippen LogP contribution is -2.23. The Kier molecular flexibility index (Phi) is 4.31. The fraction of sp³-hybridized carbons (Fsp3) is 0.231. The van der Waals surface area contributed by atoms with Crippen molar-refractivity contribution < 1.29 is 22.3 Å². The first kappa shape index (κ1) is 14.4. The van der Waals surface area contributed by atoms with Crippen LogP contribution in [0.15, 0.2) is 45.9 Å². The molecule has 2 rings (SSSR count). The maximum absolute atomic E-state index is 12.2. The van der Waals surface area contributed by atoms with E-state index in [4.69, 9.17) is 13.9 Å². The maximum atomic E-state index is 12.2. The molecule has 0 spiro atoms. The van der Waals surface area contributed by atoms with Crippen molar-refractivity contribution in [2.75, 3.05) is 14.2 Å². The Morgan fingerprint density at radius 3 is 2.60 bits per heavy atom. The summed E-state index contributed by atoms with van der Waals surface area (Å²) in [4.78, 5) is 0.0485. The third-order valence-electron chi connectivity index (χ3n) is 2.68. The van der Waals surface area contributed by atoms with Gasteiger partial charge in [0.15, 0.2) is 0 Å². The second kappa shape index (κ2) is 5.98. The number of hydrogen-bond acceptors (Lipinski definition) is 5. The smallest absolute Gasteiger partial charge is 0.244 e. The van der Waals surface area contributed by atoms with E-state index in [0.717, 1.165) is 0 Å². The van der Waals surface area contributed by atoms with Crippen LogP contribution in [0.4, 0.5) is 0 Å². The number of furan rings is 1. The Labute approximate surface area is 117 Å². The molecule has 1 N–H and O–H groups in total. The van der Waals surface area contributed by atoms with Crippen LogP contribution in [0.1, 0.15) is 5.76 Å². The Morgan fingerprint density at radius 1 is 1.20 bits per heavy atom. The summed E-state index contributed by atoms with van der Waals surface area (Å²) in [5, 5.41) is 0. The minimum atomic E-state index is -3.69. The van der Waals surface area contributed by atoms with E-state index in [0.29, 0.717) is 11.5 Å². The summed E-state index contributed by atoms with van der Waals surface area (Å²) in [5.41, 5.74) is 0. The first-order valence-electron chi connectivity index (χ1n) is 5.81. The lowest BCUT2D eigenvalue weighted by Gasteiger charge is -2.11. The molecule has 20 heavy (non-hydrogen) atoms. The van der Waals surface area contributed by atoms with Gasteiger partial charge in [-0.15, -0.1) is 0 Å².